The average molecular weight is 535 g/mol. The van der Waals surface area contributed by atoms with Gasteiger partial charge >= 0.3 is 11.9 Å². The van der Waals surface area contributed by atoms with Crippen LogP contribution in [0.15, 0.2) is 11.1 Å². The Morgan fingerprint density at radius 3 is 2.34 bits per heavy atom. The summed E-state index contributed by atoms with van der Waals surface area (Å²) >= 11 is 0. The summed E-state index contributed by atoms with van der Waals surface area (Å²) < 4.78 is 5.83. The maximum absolute atomic E-state index is 12.6. The van der Waals surface area contributed by atoms with Crippen molar-refractivity contribution in [1.82, 2.24) is 0 Å². The van der Waals surface area contributed by atoms with Gasteiger partial charge in [-0.2, -0.15) is 0 Å². The topological polar surface area (TPSA) is 156 Å². The third-order valence-corrected chi connectivity index (χ3v) is 11.5. The molecule has 10 atom stereocenters. The molecule has 8 nitrogen and oxygen atoms in total. The lowest BCUT2D eigenvalue weighted by molar-refractivity contribution is -0.206. The van der Waals surface area contributed by atoms with E-state index < -0.39 is 46.7 Å². The SMILES string of the molecule is CC(=O)O[C@H]1C[C@@]2(C)[C@@H](C[C@@H](O)[C@H]3[C@@]4(C)CC[C@@H](O)[C@](C)(N)[C@@H]4CC[C@@]32N)/C1=C(\CCCC(C)C)C(=O)O. The molecule has 38 heavy (non-hydrogen) atoms. The number of hydrogen-bond donors (Lipinski definition) is 5. The highest BCUT2D eigenvalue weighted by atomic mass is 16.5. The van der Waals surface area contributed by atoms with Crippen molar-refractivity contribution in [2.45, 2.75) is 129 Å². The summed E-state index contributed by atoms with van der Waals surface area (Å²) in [6, 6.07) is 0. The Labute approximate surface area is 227 Å². The number of fused-ring (bicyclic) bond motifs is 5. The van der Waals surface area contributed by atoms with Gasteiger partial charge in [0.15, 0.2) is 0 Å². The third kappa shape index (κ3) is 4.34. The zero-order chi connectivity index (χ0) is 28.4. The van der Waals surface area contributed by atoms with Crippen molar-refractivity contribution in [3.8, 4) is 0 Å². The first kappa shape index (κ1) is 29.5. The second-order valence-corrected chi connectivity index (χ2v) is 14.1. The van der Waals surface area contributed by atoms with E-state index in [1.165, 1.54) is 6.92 Å². The molecule has 0 saturated heterocycles. The minimum absolute atomic E-state index is 0.00141. The molecule has 0 amide bonds. The predicted molar refractivity (Wildman–Crippen MR) is 145 cm³/mol. The predicted octanol–water partition coefficient (Wildman–Crippen LogP) is 3.52. The molecule has 0 heterocycles. The van der Waals surface area contributed by atoms with E-state index in [2.05, 4.69) is 27.7 Å². The standard InChI is InChI=1S/C30H50N2O6/c1-16(2)8-7-9-18(26(36)37)24-19-14-20(34)25-27(4)12-11-23(35)29(6,31)22(27)10-13-30(25,32)28(19,5)15-21(24)38-17(3)33/h16,19-23,25,34-35H,7-15,31-32H2,1-6H3,(H,36,37)/b24-18-/t19-,20+,21-,22+,23+,25-,27-,28-,29+,30+/m0/s1. The molecule has 0 aromatic rings. The molecular weight excluding hydrogens is 484 g/mol. The fourth-order valence-electron chi connectivity index (χ4n) is 9.70. The molecule has 0 unspecified atom stereocenters. The van der Waals surface area contributed by atoms with Crippen LogP contribution in [0.1, 0.15) is 99.3 Å². The van der Waals surface area contributed by atoms with Gasteiger partial charge in [-0.25, -0.2) is 4.79 Å². The summed E-state index contributed by atoms with van der Waals surface area (Å²) in [5.74, 6) is -1.54. The first-order chi connectivity index (χ1) is 17.5. The monoisotopic (exact) mass is 534 g/mol. The van der Waals surface area contributed by atoms with Crippen molar-refractivity contribution >= 4 is 11.9 Å². The summed E-state index contributed by atoms with van der Waals surface area (Å²) in [5, 5.41) is 33.0. The van der Waals surface area contributed by atoms with Gasteiger partial charge in [0.05, 0.1) is 12.2 Å². The minimum atomic E-state index is -0.983. The second-order valence-electron chi connectivity index (χ2n) is 14.1. The van der Waals surface area contributed by atoms with Crippen LogP contribution >= 0.6 is 0 Å². The van der Waals surface area contributed by atoms with Crippen molar-refractivity contribution in [2.75, 3.05) is 0 Å². The number of aliphatic hydroxyl groups excluding tert-OH is 2. The van der Waals surface area contributed by atoms with Crippen LogP contribution in [0, 0.1) is 34.5 Å². The molecule has 4 rings (SSSR count). The number of aliphatic carboxylic acids is 1. The fourth-order valence-corrected chi connectivity index (χ4v) is 9.70. The van der Waals surface area contributed by atoms with Gasteiger partial charge in [-0.05, 0) is 92.4 Å². The summed E-state index contributed by atoms with van der Waals surface area (Å²) in [6.07, 6.45) is 3.42. The average Bonchev–Trinajstić information content (AvgIpc) is 3.05. The molecule has 7 N–H and O–H groups in total. The maximum atomic E-state index is 12.6. The normalized spacial score (nSPS) is 47.7. The van der Waals surface area contributed by atoms with Crippen LogP contribution in [0.25, 0.3) is 0 Å². The van der Waals surface area contributed by atoms with Gasteiger partial charge < -0.3 is 31.5 Å². The summed E-state index contributed by atoms with van der Waals surface area (Å²) in [4.78, 5) is 24.8. The number of esters is 1. The van der Waals surface area contributed by atoms with Crippen molar-refractivity contribution in [2.24, 2.45) is 46.0 Å². The van der Waals surface area contributed by atoms with Gasteiger partial charge in [0.25, 0.3) is 0 Å². The van der Waals surface area contributed by atoms with Gasteiger partial charge in [-0.1, -0.05) is 34.1 Å². The van der Waals surface area contributed by atoms with Gasteiger partial charge in [0.1, 0.15) is 6.10 Å². The Kier molecular flexibility index (Phi) is 7.65. The molecule has 0 aromatic carbocycles. The van der Waals surface area contributed by atoms with Crippen molar-refractivity contribution in [1.29, 1.82) is 0 Å². The van der Waals surface area contributed by atoms with Crippen LogP contribution in [-0.4, -0.2) is 56.6 Å². The molecular formula is C30H50N2O6. The van der Waals surface area contributed by atoms with Crippen molar-refractivity contribution < 1.29 is 29.6 Å². The van der Waals surface area contributed by atoms with E-state index in [0.29, 0.717) is 49.2 Å². The van der Waals surface area contributed by atoms with E-state index in [1.54, 1.807) is 0 Å². The van der Waals surface area contributed by atoms with E-state index in [1.807, 2.05) is 6.92 Å². The van der Waals surface area contributed by atoms with Crippen molar-refractivity contribution in [3.05, 3.63) is 11.1 Å². The molecule has 0 bridgehead atoms. The minimum Gasteiger partial charge on any atom is -0.478 e. The highest BCUT2D eigenvalue weighted by Gasteiger charge is 2.72. The zero-order valence-electron chi connectivity index (χ0n) is 24.1. The van der Waals surface area contributed by atoms with Gasteiger partial charge in [0, 0.05) is 29.5 Å². The highest BCUT2D eigenvalue weighted by Crippen LogP contribution is 2.70. The molecule has 8 heteroatoms. The molecule has 0 aliphatic heterocycles. The number of rotatable bonds is 6. The number of carbonyl (C=O) groups is 2. The largest absolute Gasteiger partial charge is 0.478 e. The molecule has 0 spiro atoms. The summed E-state index contributed by atoms with van der Waals surface area (Å²) in [5.41, 5.74) is 12.7. The lowest BCUT2D eigenvalue weighted by Gasteiger charge is -2.69. The smallest absolute Gasteiger partial charge is 0.331 e. The Morgan fingerprint density at radius 1 is 1.11 bits per heavy atom. The Morgan fingerprint density at radius 2 is 1.76 bits per heavy atom. The molecule has 4 aliphatic carbocycles. The molecule has 0 aromatic heterocycles. The van der Waals surface area contributed by atoms with E-state index in [-0.39, 0.29) is 23.2 Å². The van der Waals surface area contributed by atoms with Crippen LogP contribution in [0.5, 0.6) is 0 Å². The number of nitrogens with two attached hydrogens (primary N) is 2. The second kappa shape index (κ2) is 9.86. The molecule has 0 radical (unpaired) electrons. The highest BCUT2D eigenvalue weighted by molar-refractivity contribution is 5.88. The number of carboxylic acids is 1. The Bertz CT molecular complexity index is 993. The first-order valence-electron chi connectivity index (χ1n) is 14.6. The quantitative estimate of drug-likeness (QED) is 0.256. The molecule has 216 valence electrons. The number of aliphatic hydroxyl groups is 2. The molecule has 4 saturated carbocycles. The van der Waals surface area contributed by atoms with Gasteiger partial charge in [0.2, 0.25) is 0 Å². The van der Waals surface area contributed by atoms with Crippen LogP contribution < -0.4 is 11.5 Å². The lowest BCUT2D eigenvalue weighted by atomic mass is 9.38. The molecule has 4 fully saturated rings. The Balaban J connectivity index is 1.81. The Hall–Kier alpha value is -1.48. The fraction of sp³-hybridized carbons (Fsp3) is 0.867. The number of ether oxygens (including phenoxy) is 1. The summed E-state index contributed by atoms with van der Waals surface area (Å²) in [6.45, 7) is 11.8. The summed E-state index contributed by atoms with van der Waals surface area (Å²) in [7, 11) is 0. The van der Waals surface area contributed by atoms with E-state index >= 15 is 0 Å². The van der Waals surface area contributed by atoms with Crippen LogP contribution in [0.3, 0.4) is 0 Å². The van der Waals surface area contributed by atoms with E-state index in [9.17, 15) is 24.9 Å². The number of carboxylic acid groups (broad SMARTS) is 1. The zero-order valence-corrected chi connectivity index (χ0v) is 24.1. The van der Waals surface area contributed by atoms with Crippen molar-refractivity contribution in [3.63, 3.8) is 0 Å². The lowest BCUT2D eigenvalue weighted by Crippen LogP contribution is -2.77. The van der Waals surface area contributed by atoms with Crippen LogP contribution in [-0.2, 0) is 14.3 Å². The van der Waals surface area contributed by atoms with Crippen LogP contribution in [0.4, 0.5) is 0 Å². The first-order valence-corrected chi connectivity index (χ1v) is 14.6. The number of hydrogen-bond acceptors (Lipinski definition) is 7. The van der Waals surface area contributed by atoms with Crippen LogP contribution in [0.2, 0.25) is 0 Å². The van der Waals surface area contributed by atoms with Gasteiger partial charge in [-0.15, -0.1) is 0 Å². The van der Waals surface area contributed by atoms with E-state index in [4.69, 9.17) is 16.2 Å². The van der Waals surface area contributed by atoms with Gasteiger partial charge in [-0.3, -0.25) is 4.79 Å². The maximum Gasteiger partial charge on any atom is 0.331 e. The number of carbonyl (C=O) groups excluding carboxylic acids is 1. The van der Waals surface area contributed by atoms with E-state index in [0.717, 1.165) is 25.7 Å². The third-order valence-electron chi connectivity index (χ3n) is 11.5. The molecule has 4 aliphatic rings.